The van der Waals surface area contributed by atoms with Gasteiger partial charge in [0.25, 0.3) is 11.5 Å². The van der Waals surface area contributed by atoms with Crippen molar-refractivity contribution in [1.29, 1.82) is 0 Å². The number of nitrogens with zero attached hydrogens (tertiary/aromatic N) is 1. The van der Waals surface area contributed by atoms with Crippen LogP contribution in [0.3, 0.4) is 0 Å². The maximum atomic E-state index is 12.5. The summed E-state index contributed by atoms with van der Waals surface area (Å²) in [5.74, 6) is 0.140. The lowest BCUT2D eigenvalue weighted by atomic mass is 10.1. The number of carbonyl (C=O) groups is 1. The molecule has 27 heavy (non-hydrogen) atoms. The molecule has 0 unspecified atom stereocenters. The van der Waals surface area contributed by atoms with Crippen LogP contribution in [-0.2, 0) is 0 Å². The number of anilines is 1. The summed E-state index contributed by atoms with van der Waals surface area (Å²) in [5.41, 5.74) is 3.75. The molecule has 0 atom stereocenters. The predicted octanol–water partition coefficient (Wildman–Crippen LogP) is 4.05. The van der Waals surface area contributed by atoms with Crippen LogP contribution in [0.15, 0.2) is 63.9 Å². The molecule has 0 bridgehead atoms. The molecule has 0 saturated heterocycles. The monoisotopic (exact) mass is 359 g/mol. The number of benzene rings is 2. The highest BCUT2D eigenvalue weighted by atomic mass is 16.5. The second-order valence-electron chi connectivity index (χ2n) is 6.36. The van der Waals surface area contributed by atoms with E-state index in [1.165, 1.54) is 0 Å². The minimum Gasteiger partial charge on any atom is -0.355 e. The summed E-state index contributed by atoms with van der Waals surface area (Å²) >= 11 is 0. The van der Waals surface area contributed by atoms with Gasteiger partial charge in [0.05, 0.1) is 5.52 Å². The van der Waals surface area contributed by atoms with Crippen LogP contribution in [0, 0.1) is 13.8 Å². The molecule has 0 aliphatic heterocycles. The number of nitrogens with one attached hydrogen (secondary N) is 2. The fourth-order valence-electron chi connectivity index (χ4n) is 2.96. The summed E-state index contributed by atoms with van der Waals surface area (Å²) in [5, 5.41) is 7.57. The SMILES string of the molecule is Cc1c(C)c2ccc(NC(=O)c3cc(-c4ccccc4)on3)cc2[nH]c1=O. The molecular weight excluding hydrogens is 342 g/mol. The Bertz CT molecular complexity index is 1210. The topological polar surface area (TPSA) is 88.0 Å². The Balaban J connectivity index is 1.61. The van der Waals surface area contributed by atoms with E-state index < -0.39 is 0 Å². The maximum Gasteiger partial charge on any atom is 0.277 e. The number of aryl methyl sites for hydroxylation is 1. The van der Waals surface area contributed by atoms with Gasteiger partial charge in [-0.25, -0.2) is 0 Å². The first-order chi connectivity index (χ1) is 13.0. The average molecular weight is 359 g/mol. The van der Waals surface area contributed by atoms with Crippen molar-refractivity contribution >= 4 is 22.5 Å². The molecule has 4 aromatic rings. The van der Waals surface area contributed by atoms with Gasteiger partial charge in [-0.2, -0.15) is 0 Å². The van der Waals surface area contributed by atoms with E-state index in [0.717, 1.165) is 16.5 Å². The lowest BCUT2D eigenvalue weighted by molar-refractivity contribution is 0.101. The van der Waals surface area contributed by atoms with E-state index in [0.29, 0.717) is 22.5 Å². The second kappa shape index (κ2) is 6.57. The van der Waals surface area contributed by atoms with E-state index in [1.807, 2.05) is 43.3 Å². The number of pyridine rings is 1. The highest BCUT2D eigenvalue weighted by Gasteiger charge is 2.14. The van der Waals surface area contributed by atoms with Crippen LogP contribution in [0.5, 0.6) is 0 Å². The first kappa shape index (κ1) is 16.8. The van der Waals surface area contributed by atoms with Gasteiger partial charge in [-0.1, -0.05) is 41.6 Å². The summed E-state index contributed by atoms with van der Waals surface area (Å²) in [7, 11) is 0. The first-order valence-electron chi connectivity index (χ1n) is 8.49. The lowest BCUT2D eigenvalue weighted by Crippen LogP contribution is -2.13. The van der Waals surface area contributed by atoms with Crippen molar-refractivity contribution in [2.75, 3.05) is 5.32 Å². The Kier molecular flexibility index (Phi) is 4.08. The van der Waals surface area contributed by atoms with Crippen LogP contribution < -0.4 is 10.9 Å². The molecular formula is C21H17N3O3. The highest BCUT2D eigenvalue weighted by Crippen LogP contribution is 2.23. The van der Waals surface area contributed by atoms with Crippen molar-refractivity contribution in [3.63, 3.8) is 0 Å². The third kappa shape index (κ3) is 3.13. The van der Waals surface area contributed by atoms with Gasteiger partial charge in [-0.05, 0) is 31.5 Å². The average Bonchev–Trinajstić information content (AvgIpc) is 3.17. The standard InChI is InChI=1S/C21H17N3O3/c1-12-13(2)20(25)23-17-10-15(8-9-16(12)17)22-21(26)18-11-19(27-24-18)14-6-4-3-5-7-14/h3-11H,1-2H3,(H,22,26)(H,23,25). The zero-order valence-corrected chi connectivity index (χ0v) is 14.9. The number of hydrogen-bond donors (Lipinski definition) is 2. The Morgan fingerprint density at radius 1 is 1.04 bits per heavy atom. The molecule has 4 rings (SSSR count). The van der Waals surface area contributed by atoms with Crippen LogP contribution in [0.25, 0.3) is 22.2 Å². The molecule has 0 aliphatic carbocycles. The van der Waals surface area contributed by atoms with E-state index in [4.69, 9.17) is 4.52 Å². The van der Waals surface area contributed by atoms with Crippen LogP contribution in [0.1, 0.15) is 21.6 Å². The molecule has 0 saturated carbocycles. The zero-order chi connectivity index (χ0) is 19.0. The number of H-pyrrole nitrogens is 1. The van der Waals surface area contributed by atoms with Gasteiger partial charge < -0.3 is 14.8 Å². The van der Waals surface area contributed by atoms with Crippen LogP contribution in [0.4, 0.5) is 5.69 Å². The Morgan fingerprint density at radius 3 is 2.59 bits per heavy atom. The molecule has 2 aromatic carbocycles. The molecule has 0 spiro atoms. The Hall–Kier alpha value is -3.67. The largest absolute Gasteiger partial charge is 0.355 e. The quantitative estimate of drug-likeness (QED) is 0.577. The van der Waals surface area contributed by atoms with E-state index in [9.17, 15) is 9.59 Å². The summed E-state index contributed by atoms with van der Waals surface area (Å²) in [4.78, 5) is 27.3. The van der Waals surface area contributed by atoms with Crippen molar-refractivity contribution in [2.45, 2.75) is 13.8 Å². The number of aromatic amines is 1. The van der Waals surface area contributed by atoms with E-state index in [-0.39, 0.29) is 17.2 Å². The van der Waals surface area contributed by atoms with Crippen molar-refractivity contribution in [2.24, 2.45) is 0 Å². The lowest BCUT2D eigenvalue weighted by Gasteiger charge is -2.08. The van der Waals surface area contributed by atoms with Crippen LogP contribution in [-0.4, -0.2) is 16.0 Å². The van der Waals surface area contributed by atoms with Gasteiger partial charge in [0.1, 0.15) is 0 Å². The van der Waals surface area contributed by atoms with Gasteiger partial charge in [0.2, 0.25) is 0 Å². The minimum atomic E-state index is -0.383. The zero-order valence-electron chi connectivity index (χ0n) is 14.9. The van der Waals surface area contributed by atoms with E-state index in [2.05, 4.69) is 15.5 Å². The molecule has 2 N–H and O–H groups in total. The van der Waals surface area contributed by atoms with Gasteiger partial charge in [0, 0.05) is 28.3 Å². The summed E-state index contributed by atoms with van der Waals surface area (Å²) < 4.78 is 5.27. The molecule has 6 nitrogen and oxygen atoms in total. The van der Waals surface area contributed by atoms with Gasteiger partial charge in [-0.15, -0.1) is 0 Å². The number of carbonyl (C=O) groups excluding carboxylic acids is 1. The Morgan fingerprint density at radius 2 is 1.81 bits per heavy atom. The fraction of sp³-hybridized carbons (Fsp3) is 0.0952. The van der Waals surface area contributed by atoms with Crippen molar-refractivity contribution in [3.8, 4) is 11.3 Å². The molecule has 0 radical (unpaired) electrons. The summed E-state index contributed by atoms with van der Waals surface area (Å²) in [6.07, 6.45) is 0. The van der Waals surface area contributed by atoms with Gasteiger partial charge in [-0.3, -0.25) is 9.59 Å². The first-order valence-corrected chi connectivity index (χ1v) is 8.49. The van der Waals surface area contributed by atoms with Crippen molar-refractivity contribution < 1.29 is 9.32 Å². The molecule has 2 aromatic heterocycles. The van der Waals surface area contributed by atoms with Gasteiger partial charge >= 0.3 is 0 Å². The number of aromatic nitrogens is 2. The molecule has 134 valence electrons. The number of fused-ring (bicyclic) bond motifs is 1. The minimum absolute atomic E-state index is 0.132. The summed E-state index contributed by atoms with van der Waals surface area (Å²) in [6.45, 7) is 3.70. The molecule has 0 aliphatic rings. The maximum absolute atomic E-state index is 12.5. The van der Waals surface area contributed by atoms with Crippen LogP contribution >= 0.6 is 0 Å². The van der Waals surface area contributed by atoms with E-state index in [1.54, 1.807) is 25.1 Å². The van der Waals surface area contributed by atoms with Crippen LogP contribution in [0.2, 0.25) is 0 Å². The third-order valence-corrected chi connectivity index (χ3v) is 4.63. The molecule has 2 heterocycles. The fourth-order valence-corrected chi connectivity index (χ4v) is 2.96. The third-order valence-electron chi connectivity index (χ3n) is 4.63. The predicted molar refractivity (Wildman–Crippen MR) is 104 cm³/mol. The van der Waals surface area contributed by atoms with Gasteiger partial charge in [0.15, 0.2) is 11.5 Å². The highest BCUT2D eigenvalue weighted by molar-refractivity contribution is 6.04. The molecule has 6 heteroatoms. The smallest absolute Gasteiger partial charge is 0.277 e. The number of hydrogen-bond acceptors (Lipinski definition) is 4. The number of rotatable bonds is 3. The molecule has 0 fully saturated rings. The number of amides is 1. The second-order valence-corrected chi connectivity index (χ2v) is 6.36. The van der Waals surface area contributed by atoms with E-state index >= 15 is 0 Å². The molecule has 1 amide bonds. The van der Waals surface area contributed by atoms with Crippen molar-refractivity contribution in [3.05, 3.63) is 81.8 Å². The normalized spacial score (nSPS) is 10.9. The summed E-state index contributed by atoms with van der Waals surface area (Å²) in [6, 6.07) is 16.4. The Labute approximate surface area is 154 Å². The van der Waals surface area contributed by atoms with Crippen molar-refractivity contribution in [1.82, 2.24) is 10.1 Å².